The molecule has 3 heterocycles. The zero-order valence-electron chi connectivity index (χ0n) is 13.7. The Morgan fingerprint density at radius 2 is 2.15 bits per heavy atom. The molecule has 1 aromatic carbocycles. The first kappa shape index (κ1) is 16.0. The second-order valence-corrected chi connectivity index (χ2v) is 6.28. The van der Waals surface area contributed by atoms with Crippen LogP contribution in [0.2, 0.25) is 0 Å². The molecule has 130 valence electrons. The molecule has 0 bridgehead atoms. The van der Waals surface area contributed by atoms with Gasteiger partial charge < -0.3 is 4.42 Å². The summed E-state index contributed by atoms with van der Waals surface area (Å²) in [4.78, 5) is 16.5. The quantitative estimate of drug-likeness (QED) is 0.320. The molecule has 2 N–H and O–H groups in total. The van der Waals surface area contributed by atoms with Crippen molar-refractivity contribution in [3.8, 4) is 17.1 Å². The molecule has 9 heteroatoms. The summed E-state index contributed by atoms with van der Waals surface area (Å²) < 4.78 is 11.7. The van der Waals surface area contributed by atoms with E-state index in [4.69, 9.17) is 8.94 Å². The van der Waals surface area contributed by atoms with Gasteiger partial charge in [0.15, 0.2) is 5.69 Å². The van der Waals surface area contributed by atoms with Crippen molar-refractivity contribution in [1.82, 2.24) is 10.3 Å². The molecule has 0 aliphatic carbocycles. The number of hydrogen-bond donors (Lipinski definition) is 2. The molecule has 4 aromatic rings. The van der Waals surface area contributed by atoms with E-state index >= 15 is 0 Å². The highest BCUT2D eigenvalue weighted by atomic mass is 32.1. The van der Waals surface area contributed by atoms with E-state index in [2.05, 4.69) is 20.8 Å². The fraction of sp³-hybridized carbons (Fsp3) is 0.0588. The number of aryl methyl sites for hydroxylation is 1. The minimum atomic E-state index is -0.499. The number of furan rings is 1. The van der Waals surface area contributed by atoms with Gasteiger partial charge in [0.1, 0.15) is 5.76 Å². The van der Waals surface area contributed by atoms with Crippen molar-refractivity contribution in [3.63, 3.8) is 0 Å². The Kier molecular flexibility index (Phi) is 4.20. The molecule has 0 saturated carbocycles. The highest BCUT2D eigenvalue weighted by molar-refractivity contribution is 7.14. The number of H-pyrrole nitrogens is 1. The van der Waals surface area contributed by atoms with Gasteiger partial charge in [-0.25, -0.2) is 9.78 Å². The van der Waals surface area contributed by atoms with E-state index in [1.165, 1.54) is 17.6 Å². The van der Waals surface area contributed by atoms with Crippen LogP contribution in [0.25, 0.3) is 17.1 Å². The highest BCUT2D eigenvalue weighted by Gasteiger charge is 2.27. The number of anilines is 1. The van der Waals surface area contributed by atoms with Gasteiger partial charge in [-0.15, -0.1) is 11.3 Å². The van der Waals surface area contributed by atoms with Crippen molar-refractivity contribution in [2.45, 2.75) is 6.92 Å². The van der Waals surface area contributed by atoms with Crippen molar-refractivity contribution in [2.24, 2.45) is 5.10 Å². The molecule has 0 aliphatic heterocycles. The molecule has 0 spiro atoms. The summed E-state index contributed by atoms with van der Waals surface area (Å²) in [5.74, 6) is 0.623. The molecule has 0 atom stereocenters. The smallest absolute Gasteiger partial charge is 0.437 e. The van der Waals surface area contributed by atoms with Gasteiger partial charge in [0.05, 0.1) is 12.5 Å². The molecule has 0 unspecified atom stereocenters. The number of thiazole rings is 1. The third-order valence-electron chi connectivity index (χ3n) is 3.58. The molecule has 0 amide bonds. The van der Waals surface area contributed by atoms with Crippen LogP contribution in [0.5, 0.6) is 0 Å². The van der Waals surface area contributed by atoms with Crippen LogP contribution in [0.1, 0.15) is 11.3 Å². The SMILES string of the molecule is Cc1ccc(-[n+]2[nH]oc(=O)c2-c2csc(N/N=C/c3ccco3)n2)cc1. The minimum Gasteiger partial charge on any atom is -0.463 e. The molecule has 8 nitrogen and oxygen atoms in total. The number of benzene rings is 1. The predicted molar refractivity (Wildman–Crippen MR) is 96.6 cm³/mol. The van der Waals surface area contributed by atoms with Gasteiger partial charge in [-0.1, -0.05) is 17.7 Å². The van der Waals surface area contributed by atoms with Crippen molar-refractivity contribution < 1.29 is 13.6 Å². The van der Waals surface area contributed by atoms with Gasteiger partial charge in [-0.2, -0.15) is 5.10 Å². The van der Waals surface area contributed by atoms with Crippen LogP contribution in [0.15, 0.2) is 66.9 Å². The Labute approximate surface area is 151 Å². The Balaban J connectivity index is 1.61. The minimum absolute atomic E-state index is 0.313. The number of aromatic nitrogens is 3. The second-order valence-electron chi connectivity index (χ2n) is 5.42. The Hall–Kier alpha value is -3.46. The molecule has 26 heavy (non-hydrogen) atoms. The van der Waals surface area contributed by atoms with Gasteiger partial charge in [-0.05, 0) is 29.0 Å². The van der Waals surface area contributed by atoms with Crippen molar-refractivity contribution in [1.29, 1.82) is 0 Å². The van der Waals surface area contributed by atoms with Gasteiger partial charge in [0, 0.05) is 17.5 Å². The Morgan fingerprint density at radius 1 is 1.31 bits per heavy atom. The summed E-state index contributed by atoms with van der Waals surface area (Å²) in [6, 6.07) is 11.3. The summed E-state index contributed by atoms with van der Waals surface area (Å²) in [6.07, 6.45) is 3.11. The number of aromatic amines is 1. The monoisotopic (exact) mass is 368 g/mol. The van der Waals surface area contributed by atoms with Crippen LogP contribution >= 0.6 is 11.3 Å². The topological polar surface area (TPSA) is 100 Å². The lowest BCUT2D eigenvalue weighted by Crippen LogP contribution is -2.36. The maximum atomic E-state index is 12.1. The Bertz CT molecular complexity index is 1090. The van der Waals surface area contributed by atoms with E-state index in [1.54, 1.807) is 28.5 Å². The summed E-state index contributed by atoms with van der Waals surface area (Å²) in [5, 5.41) is 8.97. The average molecular weight is 368 g/mol. The standard InChI is InChI=1S/C17H13N5O3S/c1-11-4-6-12(7-5-11)22-15(16(23)25-21-22)14-10-26-17(19-14)20-18-9-13-3-2-8-24-13/h2-10H,1H3,(H-,19,20,21,23)/p+1/b18-9+. The lowest BCUT2D eigenvalue weighted by molar-refractivity contribution is -0.660. The molecule has 0 radical (unpaired) electrons. The third-order valence-corrected chi connectivity index (χ3v) is 4.33. The van der Waals surface area contributed by atoms with Crippen LogP contribution in [0.4, 0.5) is 5.13 Å². The van der Waals surface area contributed by atoms with Crippen LogP contribution in [-0.4, -0.2) is 16.5 Å². The van der Waals surface area contributed by atoms with Crippen molar-refractivity contribution >= 4 is 22.7 Å². The lowest BCUT2D eigenvalue weighted by atomic mass is 10.2. The van der Waals surface area contributed by atoms with Gasteiger partial charge in [0.25, 0.3) is 0 Å². The lowest BCUT2D eigenvalue weighted by Gasteiger charge is -1.94. The predicted octanol–water partition coefficient (Wildman–Crippen LogP) is 2.72. The molecule has 4 rings (SSSR count). The largest absolute Gasteiger partial charge is 0.463 e. The van der Waals surface area contributed by atoms with E-state index in [-0.39, 0.29) is 0 Å². The fourth-order valence-electron chi connectivity index (χ4n) is 2.32. The highest BCUT2D eigenvalue weighted by Crippen LogP contribution is 2.21. The van der Waals surface area contributed by atoms with Crippen LogP contribution in [0.3, 0.4) is 0 Å². The van der Waals surface area contributed by atoms with Crippen LogP contribution in [0, 0.1) is 6.92 Å². The fourth-order valence-corrected chi connectivity index (χ4v) is 2.96. The van der Waals surface area contributed by atoms with E-state index in [0.29, 0.717) is 22.3 Å². The van der Waals surface area contributed by atoms with Gasteiger partial charge in [0.2, 0.25) is 10.8 Å². The summed E-state index contributed by atoms with van der Waals surface area (Å²) in [5.41, 5.74) is 5.01. The van der Waals surface area contributed by atoms with E-state index < -0.39 is 5.63 Å². The number of hydrogen-bond acceptors (Lipinski definition) is 7. The van der Waals surface area contributed by atoms with Crippen molar-refractivity contribution in [3.05, 3.63) is 69.8 Å². The first-order valence-electron chi connectivity index (χ1n) is 7.70. The first-order chi connectivity index (χ1) is 12.7. The zero-order valence-corrected chi connectivity index (χ0v) is 14.5. The summed E-state index contributed by atoms with van der Waals surface area (Å²) >= 11 is 1.33. The van der Waals surface area contributed by atoms with E-state index in [1.807, 2.05) is 31.2 Å². The summed E-state index contributed by atoms with van der Waals surface area (Å²) in [7, 11) is 0. The molecule has 3 aromatic heterocycles. The molecule has 0 saturated heterocycles. The summed E-state index contributed by atoms with van der Waals surface area (Å²) in [6.45, 7) is 2.00. The normalized spacial score (nSPS) is 11.3. The zero-order chi connectivity index (χ0) is 17.9. The van der Waals surface area contributed by atoms with Crippen LogP contribution < -0.4 is 15.7 Å². The molecular weight excluding hydrogens is 354 g/mol. The second kappa shape index (κ2) is 6.81. The molecular formula is C17H14N5O3S+. The number of nitrogens with zero attached hydrogens (tertiary/aromatic N) is 3. The third kappa shape index (κ3) is 3.20. The van der Waals surface area contributed by atoms with Gasteiger partial charge in [-0.3, -0.25) is 9.95 Å². The number of hydrazone groups is 1. The van der Waals surface area contributed by atoms with E-state index in [9.17, 15) is 4.79 Å². The van der Waals surface area contributed by atoms with Gasteiger partial charge >= 0.3 is 11.3 Å². The molecule has 0 fully saturated rings. The first-order valence-corrected chi connectivity index (χ1v) is 8.58. The average Bonchev–Trinajstić information content (AvgIpc) is 3.37. The van der Waals surface area contributed by atoms with Crippen molar-refractivity contribution in [2.75, 3.05) is 5.43 Å². The Morgan fingerprint density at radius 3 is 2.92 bits per heavy atom. The van der Waals surface area contributed by atoms with Crippen LogP contribution in [-0.2, 0) is 0 Å². The number of rotatable bonds is 5. The maximum absolute atomic E-state index is 12.1. The molecule has 0 aliphatic rings. The maximum Gasteiger partial charge on any atom is 0.437 e. The van der Waals surface area contributed by atoms with E-state index in [0.717, 1.165) is 11.3 Å². The number of nitrogens with one attached hydrogen (secondary N) is 2.